The normalized spacial score (nSPS) is 11.2. The van der Waals surface area contributed by atoms with E-state index in [2.05, 4.69) is 5.32 Å². The van der Waals surface area contributed by atoms with Crippen LogP contribution in [0.5, 0.6) is 0 Å². The van der Waals surface area contributed by atoms with Gasteiger partial charge in [-0.1, -0.05) is 12.1 Å². The number of carbonyl (C=O) groups excluding carboxylic acids is 1. The number of rotatable bonds is 6. The van der Waals surface area contributed by atoms with Gasteiger partial charge in [-0.05, 0) is 17.7 Å². The number of nitrogens with one attached hydrogen (secondary N) is 1. The van der Waals surface area contributed by atoms with Crippen LogP contribution in [0.4, 0.5) is 18.9 Å². The summed E-state index contributed by atoms with van der Waals surface area (Å²) in [4.78, 5) is 21.8. The molecular weight excluding hydrogens is 295 g/mol. The number of anilines is 1. The lowest BCUT2D eigenvalue weighted by Gasteiger charge is -2.07. The van der Waals surface area contributed by atoms with Crippen molar-refractivity contribution in [1.29, 1.82) is 0 Å². The fraction of sp³-hybridized carbons (Fsp3) is 0.333. The molecule has 0 unspecified atom stereocenters. The van der Waals surface area contributed by atoms with Gasteiger partial charge in [0.2, 0.25) is 5.91 Å². The van der Waals surface area contributed by atoms with Crippen LogP contribution in [0.25, 0.3) is 0 Å². The van der Waals surface area contributed by atoms with Crippen molar-refractivity contribution in [3.63, 3.8) is 0 Å². The fourth-order valence-electron chi connectivity index (χ4n) is 1.34. The van der Waals surface area contributed by atoms with Gasteiger partial charge in [-0.25, -0.2) is 0 Å². The number of carboxylic acids is 1. The van der Waals surface area contributed by atoms with Crippen molar-refractivity contribution < 1.29 is 27.9 Å². The minimum absolute atomic E-state index is 0.129. The highest BCUT2D eigenvalue weighted by Gasteiger charge is 2.27. The van der Waals surface area contributed by atoms with Crippen LogP contribution in [0.3, 0.4) is 0 Å². The van der Waals surface area contributed by atoms with Crippen LogP contribution in [0, 0.1) is 0 Å². The Labute approximate surface area is 117 Å². The topological polar surface area (TPSA) is 66.4 Å². The lowest BCUT2D eigenvalue weighted by molar-refractivity contribution is -0.136. The van der Waals surface area contributed by atoms with Gasteiger partial charge in [-0.15, -0.1) is 11.8 Å². The average Bonchev–Trinajstić information content (AvgIpc) is 2.29. The van der Waals surface area contributed by atoms with Gasteiger partial charge in [-0.2, -0.15) is 13.2 Å². The van der Waals surface area contributed by atoms with E-state index in [-0.39, 0.29) is 12.2 Å². The molecule has 1 aromatic rings. The zero-order valence-electron chi connectivity index (χ0n) is 10.2. The lowest BCUT2D eigenvalue weighted by Crippen LogP contribution is -2.17. The Kier molecular flexibility index (Phi) is 5.87. The summed E-state index contributed by atoms with van der Waals surface area (Å²) in [5, 5.41) is 11.0. The maximum atomic E-state index is 11.9. The zero-order valence-corrected chi connectivity index (χ0v) is 11.1. The highest BCUT2D eigenvalue weighted by Crippen LogP contribution is 2.21. The molecule has 0 heterocycles. The van der Waals surface area contributed by atoms with E-state index >= 15 is 0 Å². The van der Waals surface area contributed by atoms with Crippen molar-refractivity contribution in [1.82, 2.24) is 0 Å². The van der Waals surface area contributed by atoms with Gasteiger partial charge >= 0.3 is 12.1 Å². The smallest absolute Gasteiger partial charge is 0.397 e. The third-order valence-corrected chi connectivity index (χ3v) is 3.09. The molecule has 2 N–H and O–H groups in total. The first kappa shape index (κ1) is 16.4. The van der Waals surface area contributed by atoms with E-state index < -0.39 is 23.8 Å². The van der Waals surface area contributed by atoms with Gasteiger partial charge in [-0.3, -0.25) is 9.59 Å². The molecule has 1 aromatic carbocycles. The predicted octanol–water partition coefficient (Wildman–Crippen LogP) is 2.55. The summed E-state index contributed by atoms with van der Waals surface area (Å²) in [6.07, 6.45) is -4.42. The molecular formula is C12H12F3NO3S. The van der Waals surface area contributed by atoms with E-state index in [1.807, 2.05) is 0 Å². The molecule has 0 aliphatic rings. The number of hydrogen-bond acceptors (Lipinski definition) is 3. The van der Waals surface area contributed by atoms with Crippen LogP contribution in [0.1, 0.15) is 5.56 Å². The molecule has 0 fully saturated rings. The monoisotopic (exact) mass is 307 g/mol. The first-order chi connectivity index (χ1) is 9.26. The predicted molar refractivity (Wildman–Crippen MR) is 69.8 cm³/mol. The maximum Gasteiger partial charge on any atom is 0.397 e. The van der Waals surface area contributed by atoms with Crippen molar-refractivity contribution in [3.05, 3.63) is 29.8 Å². The SMILES string of the molecule is O=C(O)Cc1ccc(NC(=O)CSCC(F)(F)F)cc1. The second kappa shape index (κ2) is 7.18. The molecule has 0 bridgehead atoms. The molecule has 110 valence electrons. The third-order valence-electron chi connectivity index (χ3n) is 2.09. The number of hydrogen-bond donors (Lipinski definition) is 2. The van der Waals surface area contributed by atoms with Gasteiger partial charge in [0.05, 0.1) is 17.9 Å². The molecule has 0 atom stereocenters. The van der Waals surface area contributed by atoms with Crippen molar-refractivity contribution in [2.75, 3.05) is 16.8 Å². The van der Waals surface area contributed by atoms with E-state index in [9.17, 15) is 22.8 Å². The Bertz CT molecular complexity index is 474. The summed E-state index contributed by atoms with van der Waals surface area (Å²) in [6, 6.07) is 6.08. The summed E-state index contributed by atoms with van der Waals surface area (Å²) in [6.45, 7) is 0. The van der Waals surface area contributed by atoms with Gasteiger partial charge in [0.25, 0.3) is 0 Å². The lowest BCUT2D eigenvalue weighted by atomic mass is 10.1. The summed E-state index contributed by atoms with van der Waals surface area (Å²) in [7, 11) is 0. The molecule has 20 heavy (non-hydrogen) atoms. The molecule has 0 saturated carbocycles. The van der Waals surface area contributed by atoms with E-state index in [1.165, 1.54) is 24.3 Å². The van der Waals surface area contributed by atoms with Crippen LogP contribution < -0.4 is 5.32 Å². The first-order valence-corrected chi connectivity index (χ1v) is 6.67. The number of benzene rings is 1. The average molecular weight is 307 g/mol. The number of halogens is 3. The van der Waals surface area contributed by atoms with E-state index in [0.717, 1.165) is 0 Å². The van der Waals surface area contributed by atoms with Crippen LogP contribution in [-0.4, -0.2) is 34.7 Å². The van der Waals surface area contributed by atoms with Crippen LogP contribution in [-0.2, 0) is 16.0 Å². The van der Waals surface area contributed by atoms with E-state index in [4.69, 9.17) is 5.11 Å². The number of alkyl halides is 3. The second-order valence-electron chi connectivity index (χ2n) is 3.92. The summed E-state index contributed by atoms with van der Waals surface area (Å²) >= 11 is 0.484. The number of aliphatic carboxylic acids is 1. The fourth-order valence-corrected chi connectivity index (χ4v) is 1.93. The number of carboxylic acid groups (broad SMARTS) is 1. The highest BCUT2D eigenvalue weighted by atomic mass is 32.2. The molecule has 0 saturated heterocycles. The minimum Gasteiger partial charge on any atom is -0.481 e. The molecule has 0 aliphatic carbocycles. The molecule has 1 rings (SSSR count). The Morgan fingerprint density at radius 3 is 2.30 bits per heavy atom. The maximum absolute atomic E-state index is 11.9. The van der Waals surface area contributed by atoms with Crippen LogP contribution in [0.2, 0.25) is 0 Å². The van der Waals surface area contributed by atoms with Crippen molar-refractivity contribution in [2.24, 2.45) is 0 Å². The van der Waals surface area contributed by atoms with E-state index in [1.54, 1.807) is 0 Å². The highest BCUT2D eigenvalue weighted by molar-refractivity contribution is 8.00. The Hall–Kier alpha value is -1.70. The zero-order chi connectivity index (χ0) is 15.2. The largest absolute Gasteiger partial charge is 0.481 e. The quantitative estimate of drug-likeness (QED) is 0.847. The van der Waals surface area contributed by atoms with Crippen molar-refractivity contribution >= 4 is 29.3 Å². The molecule has 8 heteroatoms. The summed E-state index contributed by atoms with van der Waals surface area (Å²) in [5.41, 5.74) is 0.985. The standard InChI is InChI=1S/C12H12F3NO3S/c13-12(14,15)7-20-6-10(17)16-9-3-1-8(2-4-9)5-11(18)19/h1-4H,5-7H2,(H,16,17)(H,18,19). The molecule has 0 aromatic heterocycles. The van der Waals surface area contributed by atoms with Crippen LogP contribution >= 0.6 is 11.8 Å². The summed E-state index contributed by atoms with van der Waals surface area (Å²) < 4.78 is 35.6. The molecule has 0 radical (unpaired) electrons. The number of amides is 1. The van der Waals surface area contributed by atoms with Crippen molar-refractivity contribution in [3.8, 4) is 0 Å². The number of thioether (sulfide) groups is 1. The van der Waals surface area contributed by atoms with Gasteiger partial charge in [0.1, 0.15) is 0 Å². The second-order valence-corrected chi connectivity index (χ2v) is 4.91. The molecule has 0 aliphatic heterocycles. The van der Waals surface area contributed by atoms with Gasteiger partial charge in [0.15, 0.2) is 0 Å². The Balaban J connectivity index is 2.40. The van der Waals surface area contributed by atoms with E-state index in [0.29, 0.717) is 23.0 Å². The van der Waals surface area contributed by atoms with Crippen LogP contribution in [0.15, 0.2) is 24.3 Å². The Morgan fingerprint density at radius 1 is 1.20 bits per heavy atom. The van der Waals surface area contributed by atoms with Crippen molar-refractivity contribution in [2.45, 2.75) is 12.6 Å². The Morgan fingerprint density at radius 2 is 1.80 bits per heavy atom. The summed E-state index contributed by atoms with van der Waals surface area (Å²) in [5.74, 6) is -2.87. The molecule has 1 amide bonds. The first-order valence-electron chi connectivity index (χ1n) is 5.51. The minimum atomic E-state index is -4.29. The molecule has 4 nitrogen and oxygen atoms in total. The molecule has 0 spiro atoms. The third kappa shape index (κ3) is 7.03. The van der Waals surface area contributed by atoms with Gasteiger partial charge in [0, 0.05) is 5.69 Å². The number of carbonyl (C=O) groups is 2. The van der Waals surface area contributed by atoms with Gasteiger partial charge < -0.3 is 10.4 Å².